The molecule has 0 spiro atoms. The van der Waals surface area contributed by atoms with Crippen molar-refractivity contribution >= 4 is 0 Å². The van der Waals surface area contributed by atoms with Gasteiger partial charge in [0.25, 0.3) is 0 Å². The Morgan fingerprint density at radius 3 is 1.73 bits per heavy atom. The van der Waals surface area contributed by atoms with Crippen molar-refractivity contribution < 1.29 is 15.3 Å². The number of hydrogen-bond donors (Lipinski definition) is 3. The number of hydrogen-bond acceptors (Lipinski definition) is 3. The summed E-state index contributed by atoms with van der Waals surface area (Å²) in [6.07, 6.45) is 2.24. The molecule has 0 unspecified atom stereocenters. The van der Waals surface area contributed by atoms with Gasteiger partial charge in [0.15, 0.2) is 0 Å². The molecule has 0 amide bonds. The first-order valence-corrected chi connectivity index (χ1v) is 4.12. The van der Waals surface area contributed by atoms with Crippen LogP contribution in [-0.2, 0) is 0 Å². The van der Waals surface area contributed by atoms with Crippen LogP contribution in [0.1, 0.15) is 32.6 Å². The highest BCUT2D eigenvalue weighted by Gasteiger charge is 2.23. The molecule has 0 aromatic rings. The molecule has 3 heteroatoms. The van der Waals surface area contributed by atoms with Gasteiger partial charge in [-0.3, -0.25) is 0 Å². The summed E-state index contributed by atoms with van der Waals surface area (Å²) >= 11 is 0. The molecule has 0 radical (unpaired) electrons. The Hall–Kier alpha value is -0.120. The van der Waals surface area contributed by atoms with Crippen LogP contribution < -0.4 is 0 Å². The Morgan fingerprint density at radius 2 is 1.45 bits per heavy atom. The molecule has 0 aliphatic heterocycles. The third-order valence-electron chi connectivity index (χ3n) is 1.87. The zero-order valence-corrected chi connectivity index (χ0v) is 7.08. The summed E-state index contributed by atoms with van der Waals surface area (Å²) < 4.78 is 0. The Morgan fingerprint density at radius 1 is 1.00 bits per heavy atom. The van der Waals surface area contributed by atoms with Gasteiger partial charge in [0.05, 0.1) is 5.60 Å². The Labute approximate surface area is 67.7 Å². The molecule has 68 valence electrons. The first-order chi connectivity index (χ1) is 5.18. The Kier molecular flexibility index (Phi) is 5.46. The van der Waals surface area contributed by atoms with E-state index in [1.54, 1.807) is 0 Å². The maximum absolute atomic E-state index is 9.69. The van der Waals surface area contributed by atoms with Gasteiger partial charge in [0.2, 0.25) is 0 Å². The molecule has 0 atom stereocenters. The minimum Gasteiger partial charge on any atom is -0.396 e. The van der Waals surface area contributed by atoms with Gasteiger partial charge < -0.3 is 15.3 Å². The van der Waals surface area contributed by atoms with E-state index in [1.165, 1.54) is 0 Å². The van der Waals surface area contributed by atoms with Crippen molar-refractivity contribution in [3.05, 3.63) is 0 Å². The minimum atomic E-state index is -0.849. The van der Waals surface area contributed by atoms with Crippen LogP contribution in [0.3, 0.4) is 0 Å². The summed E-state index contributed by atoms with van der Waals surface area (Å²) in [5.41, 5.74) is -0.849. The summed E-state index contributed by atoms with van der Waals surface area (Å²) in [4.78, 5) is 0. The van der Waals surface area contributed by atoms with Crippen molar-refractivity contribution in [3.63, 3.8) is 0 Å². The number of aliphatic hydroxyl groups is 3. The van der Waals surface area contributed by atoms with E-state index in [0.29, 0.717) is 19.3 Å². The molecule has 0 aromatic heterocycles. The van der Waals surface area contributed by atoms with E-state index in [9.17, 15) is 5.11 Å². The molecular weight excluding hydrogens is 144 g/mol. The largest absolute Gasteiger partial charge is 0.396 e. The van der Waals surface area contributed by atoms with Crippen molar-refractivity contribution in [2.24, 2.45) is 0 Å². The van der Waals surface area contributed by atoms with Crippen molar-refractivity contribution in [2.75, 3.05) is 13.2 Å². The summed E-state index contributed by atoms with van der Waals surface area (Å²) in [5.74, 6) is 0. The van der Waals surface area contributed by atoms with E-state index >= 15 is 0 Å². The molecule has 0 aliphatic rings. The standard InChI is InChI=1S/C8H18O3/c1-2-3-8(11,4-6-9)5-7-10/h9-11H,2-7H2,1H3. The summed E-state index contributed by atoms with van der Waals surface area (Å²) in [5, 5.41) is 26.9. The predicted octanol–water partition coefficient (Wildman–Crippen LogP) is 0.282. The molecule has 0 rings (SSSR count). The van der Waals surface area contributed by atoms with Crippen LogP contribution in [0.4, 0.5) is 0 Å². The van der Waals surface area contributed by atoms with Crippen LogP contribution >= 0.6 is 0 Å². The topological polar surface area (TPSA) is 60.7 Å². The lowest BCUT2D eigenvalue weighted by atomic mass is 9.91. The highest BCUT2D eigenvalue weighted by atomic mass is 16.3. The van der Waals surface area contributed by atoms with Crippen molar-refractivity contribution in [2.45, 2.75) is 38.2 Å². The Bertz CT molecular complexity index is 76.3. The highest BCUT2D eigenvalue weighted by molar-refractivity contribution is 4.76. The molecule has 0 saturated carbocycles. The van der Waals surface area contributed by atoms with Crippen LogP contribution in [0.5, 0.6) is 0 Å². The van der Waals surface area contributed by atoms with Crippen LogP contribution in [0.25, 0.3) is 0 Å². The fourth-order valence-electron chi connectivity index (χ4n) is 1.26. The summed E-state index contributed by atoms with van der Waals surface area (Å²) in [6.45, 7) is 1.94. The molecular formula is C8H18O3. The van der Waals surface area contributed by atoms with Gasteiger partial charge in [-0.15, -0.1) is 0 Å². The number of aliphatic hydroxyl groups excluding tert-OH is 2. The first kappa shape index (κ1) is 10.9. The zero-order chi connectivity index (χ0) is 8.74. The van der Waals surface area contributed by atoms with Gasteiger partial charge in [-0.1, -0.05) is 13.3 Å². The second kappa shape index (κ2) is 5.52. The SMILES string of the molecule is CCCC(O)(CCO)CCO. The molecule has 0 aromatic carbocycles. The monoisotopic (exact) mass is 162 g/mol. The van der Waals surface area contributed by atoms with Gasteiger partial charge in [0.1, 0.15) is 0 Å². The van der Waals surface area contributed by atoms with Crippen molar-refractivity contribution in [1.82, 2.24) is 0 Å². The van der Waals surface area contributed by atoms with E-state index in [0.717, 1.165) is 6.42 Å². The van der Waals surface area contributed by atoms with Crippen LogP contribution in [0, 0.1) is 0 Å². The molecule has 11 heavy (non-hydrogen) atoms. The van der Waals surface area contributed by atoms with E-state index in [1.807, 2.05) is 6.92 Å². The van der Waals surface area contributed by atoms with Crippen LogP contribution in [-0.4, -0.2) is 34.1 Å². The average Bonchev–Trinajstić information content (AvgIpc) is 1.88. The molecule has 3 N–H and O–H groups in total. The second-order valence-corrected chi connectivity index (χ2v) is 2.92. The lowest BCUT2D eigenvalue weighted by Crippen LogP contribution is -2.30. The lowest BCUT2D eigenvalue weighted by Gasteiger charge is -2.25. The van der Waals surface area contributed by atoms with Gasteiger partial charge in [0, 0.05) is 13.2 Å². The van der Waals surface area contributed by atoms with Gasteiger partial charge >= 0.3 is 0 Å². The maximum atomic E-state index is 9.69. The summed E-state index contributed by atoms with van der Waals surface area (Å²) in [6, 6.07) is 0. The lowest BCUT2D eigenvalue weighted by molar-refractivity contribution is -0.0125. The summed E-state index contributed by atoms with van der Waals surface area (Å²) in [7, 11) is 0. The Balaban J connectivity index is 3.79. The molecule has 3 nitrogen and oxygen atoms in total. The minimum absolute atomic E-state index is 0.0174. The normalized spacial score (nSPS) is 12.0. The van der Waals surface area contributed by atoms with Crippen molar-refractivity contribution in [3.8, 4) is 0 Å². The average molecular weight is 162 g/mol. The molecule has 0 heterocycles. The second-order valence-electron chi connectivity index (χ2n) is 2.92. The van der Waals surface area contributed by atoms with E-state index in [2.05, 4.69) is 0 Å². The third-order valence-corrected chi connectivity index (χ3v) is 1.87. The van der Waals surface area contributed by atoms with Crippen LogP contribution in [0.2, 0.25) is 0 Å². The number of rotatable bonds is 6. The quantitative estimate of drug-likeness (QED) is 0.526. The van der Waals surface area contributed by atoms with E-state index in [4.69, 9.17) is 10.2 Å². The fourth-order valence-corrected chi connectivity index (χ4v) is 1.26. The zero-order valence-electron chi connectivity index (χ0n) is 7.08. The molecule has 0 aliphatic carbocycles. The first-order valence-electron chi connectivity index (χ1n) is 4.12. The van der Waals surface area contributed by atoms with E-state index < -0.39 is 5.60 Å². The molecule has 0 fully saturated rings. The molecule has 0 bridgehead atoms. The molecule has 0 saturated heterocycles. The predicted molar refractivity (Wildman–Crippen MR) is 43.3 cm³/mol. The third kappa shape index (κ3) is 4.35. The maximum Gasteiger partial charge on any atom is 0.0691 e. The van der Waals surface area contributed by atoms with Gasteiger partial charge in [-0.05, 0) is 19.3 Å². The van der Waals surface area contributed by atoms with E-state index in [-0.39, 0.29) is 13.2 Å². The fraction of sp³-hybridized carbons (Fsp3) is 1.00. The van der Waals surface area contributed by atoms with Gasteiger partial charge in [-0.25, -0.2) is 0 Å². The van der Waals surface area contributed by atoms with Crippen molar-refractivity contribution in [1.29, 1.82) is 0 Å². The smallest absolute Gasteiger partial charge is 0.0691 e. The van der Waals surface area contributed by atoms with Crippen LogP contribution in [0.15, 0.2) is 0 Å². The highest BCUT2D eigenvalue weighted by Crippen LogP contribution is 2.20. The van der Waals surface area contributed by atoms with Gasteiger partial charge in [-0.2, -0.15) is 0 Å².